The number of hydrogen-bond donors (Lipinski definition) is 1. The Balaban J connectivity index is 1.90. The van der Waals surface area contributed by atoms with Crippen molar-refractivity contribution in [3.8, 4) is 5.75 Å². The van der Waals surface area contributed by atoms with Gasteiger partial charge in [0.25, 0.3) is 5.91 Å². The maximum Gasteiger partial charge on any atom is 0.258 e. The highest BCUT2D eigenvalue weighted by atomic mass is 35.5. The molecule has 0 aliphatic heterocycles. The lowest BCUT2D eigenvalue weighted by Crippen LogP contribution is -2.29. The van der Waals surface area contributed by atoms with Gasteiger partial charge in [-0.1, -0.05) is 61.3 Å². The highest BCUT2D eigenvalue weighted by Crippen LogP contribution is 2.27. The summed E-state index contributed by atoms with van der Waals surface area (Å²) in [6.07, 6.45) is 0. The minimum atomic E-state index is -0.210. The maximum atomic E-state index is 12.1. The molecule has 0 radical (unpaired) electrons. The summed E-state index contributed by atoms with van der Waals surface area (Å²) in [5.41, 5.74) is 2.32. The number of hydrogen-bond acceptors (Lipinski definition) is 3. The summed E-state index contributed by atoms with van der Waals surface area (Å²) in [6.45, 7) is 7.49. The molecule has 2 aromatic rings. The van der Waals surface area contributed by atoms with E-state index in [1.54, 1.807) is 18.2 Å². The summed E-state index contributed by atoms with van der Waals surface area (Å²) in [4.78, 5) is 14.4. The van der Waals surface area contributed by atoms with Crippen LogP contribution in [-0.2, 0) is 17.9 Å². The normalized spacial score (nSPS) is 10.8. The van der Waals surface area contributed by atoms with Crippen LogP contribution < -0.4 is 10.1 Å². The summed E-state index contributed by atoms with van der Waals surface area (Å²) in [5.74, 6) is 0.190. The molecule has 0 atom stereocenters. The number of benzene rings is 2. The first kappa shape index (κ1) is 20.6. The Morgan fingerprint density at radius 2 is 1.77 bits per heavy atom. The van der Waals surface area contributed by atoms with Crippen molar-refractivity contribution in [1.82, 2.24) is 10.2 Å². The number of carbonyl (C=O) groups excluding carboxylic acids is 1. The molecule has 0 saturated carbocycles. The highest BCUT2D eigenvalue weighted by Gasteiger charge is 2.09. The van der Waals surface area contributed by atoms with Crippen LogP contribution in [0.2, 0.25) is 10.0 Å². The summed E-state index contributed by atoms with van der Waals surface area (Å²) < 4.78 is 5.46. The van der Waals surface area contributed by atoms with Gasteiger partial charge in [0.15, 0.2) is 6.61 Å². The third-order valence-electron chi connectivity index (χ3n) is 4.13. The second-order valence-corrected chi connectivity index (χ2v) is 6.71. The average molecular weight is 395 g/mol. The van der Waals surface area contributed by atoms with Gasteiger partial charge < -0.3 is 10.1 Å². The van der Waals surface area contributed by atoms with Gasteiger partial charge in [-0.3, -0.25) is 9.69 Å². The Hall–Kier alpha value is -1.75. The molecule has 140 valence electrons. The third kappa shape index (κ3) is 6.20. The van der Waals surface area contributed by atoms with E-state index >= 15 is 0 Å². The van der Waals surface area contributed by atoms with Crippen LogP contribution in [0.1, 0.15) is 25.0 Å². The minimum absolute atomic E-state index is 0.113. The predicted octanol–water partition coefficient (Wildman–Crippen LogP) is 4.53. The van der Waals surface area contributed by atoms with E-state index in [1.807, 2.05) is 18.2 Å². The second-order valence-electron chi connectivity index (χ2n) is 5.87. The molecule has 0 aliphatic rings. The van der Waals surface area contributed by atoms with E-state index in [4.69, 9.17) is 27.9 Å². The first-order valence-corrected chi connectivity index (χ1v) is 9.42. The second kappa shape index (κ2) is 10.4. The molecule has 2 aromatic carbocycles. The van der Waals surface area contributed by atoms with Crippen molar-refractivity contribution in [1.29, 1.82) is 0 Å². The number of carbonyl (C=O) groups is 1. The smallest absolute Gasteiger partial charge is 0.258 e. The van der Waals surface area contributed by atoms with Crippen molar-refractivity contribution in [2.24, 2.45) is 0 Å². The number of nitrogens with one attached hydrogen (secondary N) is 1. The van der Waals surface area contributed by atoms with Gasteiger partial charge in [-0.15, -0.1) is 0 Å². The van der Waals surface area contributed by atoms with Crippen molar-refractivity contribution in [3.05, 3.63) is 63.6 Å². The quantitative estimate of drug-likeness (QED) is 0.678. The number of ether oxygens (including phenoxy) is 1. The van der Waals surface area contributed by atoms with Gasteiger partial charge in [0.05, 0.1) is 5.02 Å². The van der Waals surface area contributed by atoms with Crippen LogP contribution in [-0.4, -0.2) is 30.5 Å². The maximum absolute atomic E-state index is 12.1. The zero-order chi connectivity index (χ0) is 18.9. The van der Waals surface area contributed by atoms with Crippen LogP contribution in [0.15, 0.2) is 42.5 Å². The Kier molecular flexibility index (Phi) is 8.23. The van der Waals surface area contributed by atoms with Crippen LogP contribution in [0.4, 0.5) is 0 Å². The van der Waals surface area contributed by atoms with Crippen LogP contribution >= 0.6 is 23.2 Å². The molecular weight excluding hydrogens is 371 g/mol. The predicted molar refractivity (Wildman–Crippen MR) is 107 cm³/mol. The fraction of sp³-hybridized carbons (Fsp3) is 0.350. The van der Waals surface area contributed by atoms with E-state index in [1.165, 1.54) is 5.56 Å². The molecule has 0 aromatic heterocycles. The number of rotatable bonds is 9. The van der Waals surface area contributed by atoms with Crippen molar-refractivity contribution in [2.75, 3.05) is 19.7 Å². The van der Waals surface area contributed by atoms with Gasteiger partial charge in [-0.2, -0.15) is 0 Å². The Morgan fingerprint density at radius 3 is 2.46 bits per heavy atom. The fourth-order valence-electron chi connectivity index (χ4n) is 2.55. The number of amides is 1. The van der Waals surface area contributed by atoms with Gasteiger partial charge in [0, 0.05) is 24.2 Å². The summed E-state index contributed by atoms with van der Waals surface area (Å²) >= 11 is 11.9. The average Bonchev–Trinajstić information content (AvgIpc) is 2.65. The lowest BCUT2D eigenvalue weighted by molar-refractivity contribution is -0.123. The van der Waals surface area contributed by atoms with E-state index < -0.39 is 0 Å². The molecule has 0 saturated heterocycles. The van der Waals surface area contributed by atoms with E-state index in [0.29, 0.717) is 22.3 Å². The molecule has 6 heteroatoms. The summed E-state index contributed by atoms with van der Waals surface area (Å²) in [7, 11) is 0. The molecule has 4 nitrogen and oxygen atoms in total. The number of halogens is 2. The lowest BCUT2D eigenvalue weighted by Gasteiger charge is -2.20. The molecular formula is C20H24Cl2N2O2. The standard InChI is InChI=1S/C20H24Cl2N2O2/c1-3-24(4-2)13-16-8-6-5-7-15(16)12-23-20(25)14-26-19-11-17(21)9-10-18(19)22/h5-11H,3-4,12-14H2,1-2H3,(H,23,25). The molecule has 0 bridgehead atoms. The Bertz CT molecular complexity index is 734. The molecule has 26 heavy (non-hydrogen) atoms. The van der Waals surface area contributed by atoms with E-state index in [2.05, 4.69) is 30.1 Å². The summed E-state index contributed by atoms with van der Waals surface area (Å²) in [5, 5.41) is 3.83. The van der Waals surface area contributed by atoms with E-state index in [9.17, 15) is 4.79 Å². The van der Waals surface area contributed by atoms with Crippen LogP contribution in [0.25, 0.3) is 0 Å². The zero-order valence-corrected chi connectivity index (χ0v) is 16.6. The minimum Gasteiger partial charge on any atom is -0.482 e. The Labute approximate surface area is 165 Å². The fourth-order valence-corrected chi connectivity index (χ4v) is 2.88. The van der Waals surface area contributed by atoms with Crippen molar-refractivity contribution in [3.63, 3.8) is 0 Å². The first-order valence-electron chi connectivity index (χ1n) is 8.67. The molecule has 0 heterocycles. The van der Waals surface area contributed by atoms with Crippen molar-refractivity contribution >= 4 is 29.1 Å². The van der Waals surface area contributed by atoms with Gasteiger partial charge in [-0.25, -0.2) is 0 Å². The SMILES string of the molecule is CCN(CC)Cc1ccccc1CNC(=O)COc1cc(Cl)ccc1Cl. The van der Waals surface area contributed by atoms with Gasteiger partial charge >= 0.3 is 0 Å². The topological polar surface area (TPSA) is 41.6 Å². The molecule has 0 spiro atoms. The zero-order valence-electron chi connectivity index (χ0n) is 15.1. The van der Waals surface area contributed by atoms with Crippen molar-refractivity contribution in [2.45, 2.75) is 26.9 Å². The number of nitrogens with zero attached hydrogens (tertiary/aromatic N) is 1. The third-order valence-corrected chi connectivity index (χ3v) is 4.68. The molecule has 1 N–H and O–H groups in total. The molecule has 2 rings (SSSR count). The van der Waals surface area contributed by atoms with Crippen LogP contribution in [0, 0.1) is 0 Å². The van der Waals surface area contributed by atoms with E-state index in [-0.39, 0.29) is 12.5 Å². The lowest BCUT2D eigenvalue weighted by atomic mass is 10.1. The molecule has 0 aliphatic carbocycles. The van der Waals surface area contributed by atoms with E-state index in [0.717, 1.165) is 25.2 Å². The first-order chi connectivity index (χ1) is 12.5. The van der Waals surface area contributed by atoms with Crippen LogP contribution in [0.5, 0.6) is 5.75 Å². The van der Waals surface area contributed by atoms with Gasteiger partial charge in [-0.05, 0) is 36.3 Å². The van der Waals surface area contributed by atoms with Crippen molar-refractivity contribution < 1.29 is 9.53 Å². The molecule has 1 amide bonds. The monoisotopic (exact) mass is 394 g/mol. The van der Waals surface area contributed by atoms with Gasteiger partial charge in [0.1, 0.15) is 5.75 Å². The largest absolute Gasteiger partial charge is 0.482 e. The molecule has 0 unspecified atom stereocenters. The van der Waals surface area contributed by atoms with Crippen LogP contribution in [0.3, 0.4) is 0 Å². The van der Waals surface area contributed by atoms with Gasteiger partial charge in [0.2, 0.25) is 0 Å². The summed E-state index contributed by atoms with van der Waals surface area (Å²) in [6, 6.07) is 13.0. The highest BCUT2D eigenvalue weighted by molar-refractivity contribution is 6.34. The molecule has 0 fully saturated rings. The Morgan fingerprint density at radius 1 is 1.08 bits per heavy atom.